The minimum atomic E-state index is -0.769. The zero-order valence-electron chi connectivity index (χ0n) is 19.2. The van der Waals surface area contributed by atoms with Gasteiger partial charge in [-0.2, -0.15) is 0 Å². The van der Waals surface area contributed by atoms with Crippen LogP contribution in [0, 0.1) is 23.6 Å². The van der Waals surface area contributed by atoms with Crippen LogP contribution in [0.2, 0.25) is 0 Å². The van der Waals surface area contributed by atoms with Gasteiger partial charge < -0.3 is 19.9 Å². The maximum Gasteiger partial charge on any atom is 0.258 e. The molecule has 7 nitrogen and oxygen atoms in total. The molecule has 3 aliphatic rings. The highest BCUT2D eigenvalue weighted by molar-refractivity contribution is 5.90. The van der Waals surface area contributed by atoms with E-state index < -0.39 is 23.8 Å². The van der Waals surface area contributed by atoms with Crippen molar-refractivity contribution < 1.29 is 19.1 Å². The molecular weight excluding hydrogens is 437 g/mol. The highest BCUT2D eigenvalue weighted by atomic mass is 19.1. The molecular formula is C26H30FN3O4. The average molecular weight is 468 g/mol. The SMILES string of the molecule is CCCNC(=O)[C@H]1[C@H](CO)[C@H]2Cn3c(ccc(-c4ccccc4F)c3=O)[C@H]2N1C(=O)C1CCC1. The van der Waals surface area contributed by atoms with E-state index in [2.05, 4.69) is 5.32 Å². The molecule has 1 aromatic heterocycles. The highest BCUT2D eigenvalue weighted by Crippen LogP contribution is 2.50. The number of nitrogens with zero attached hydrogens (tertiary/aromatic N) is 2. The van der Waals surface area contributed by atoms with Crippen molar-refractivity contribution in [3.63, 3.8) is 0 Å². The van der Waals surface area contributed by atoms with E-state index in [4.69, 9.17) is 0 Å². The molecule has 0 bridgehead atoms. The number of aromatic nitrogens is 1. The van der Waals surface area contributed by atoms with Gasteiger partial charge in [-0.05, 0) is 37.5 Å². The van der Waals surface area contributed by atoms with Crippen LogP contribution in [-0.4, -0.2) is 45.6 Å². The van der Waals surface area contributed by atoms with Gasteiger partial charge in [0, 0.05) is 48.7 Å². The number of aliphatic hydroxyl groups is 1. The quantitative estimate of drug-likeness (QED) is 0.683. The average Bonchev–Trinajstić information content (AvgIpc) is 3.32. The molecule has 2 aliphatic heterocycles. The number of pyridine rings is 1. The molecule has 180 valence electrons. The maximum absolute atomic E-state index is 14.4. The molecule has 1 aromatic carbocycles. The lowest BCUT2D eigenvalue weighted by Gasteiger charge is -2.36. The molecule has 5 rings (SSSR count). The second kappa shape index (κ2) is 8.98. The Kier molecular flexibility index (Phi) is 6.02. The number of carbonyl (C=O) groups excluding carboxylic acids is 2. The van der Waals surface area contributed by atoms with Gasteiger partial charge in [-0.15, -0.1) is 0 Å². The summed E-state index contributed by atoms with van der Waals surface area (Å²) in [4.78, 5) is 41.8. The first-order valence-corrected chi connectivity index (χ1v) is 12.2. The molecule has 34 heavy (non-hydrogen) atoms. The number of hydrogen-bond donors (Lipinski definition) is 2. The van der Waals surface area contributed by atoms with E-state index in [0.717, 1.165) is 25.7 Å². The number of likely N-dealkylation sites (tertiary alicyclic amines) is 1. The van der Waals surface area contributed by atoms with Crippen LogP contribution in [0.1, 0.15) is 44.3 Å². The van der Waals surface area contributed by atoms with Crippen LogP contribution in [0.15, 0.2) is 41.2 Å². The lowest BCUT2D eigenvalue weighted by atomic mass is 9.84. The summed E-state index contributed by atoms with van der Waals surface area (Å²) in [6.45, 7) is 2.47. The Bertz CT molecular complexity index is 1170. The van der Waals surface area contributed by atoms with Crippen LogP contribution in [0.4, 0.5) is 4.39 Å². The Balaban J connectivity index is 1.58. The molecule has 0 unspecified atom stereocenters. The van der Waals surface area contributed by atoms with Crippen molar-refractivity contribution in [3.05, 3.63) is 58.3 Å². The third-order valence-corrected chi connectivity index (χ3v) is 7.77. The van der Waals surface area contributed by atoms with E-state index >= 15 is 0 Å². The van der Waals surface area contributed by atoms with E-state index in [-0.39, 0.29) is 53.5 Å². The van der Waals surface area contributed by atoms with Gasteiger partial charge in [-0.1, -0.05) is 31.5 Å². The van der Waals surface area contributed by atoms with Crippen molar-refractivity contribution in [1.29, 1.82) is 0 Å². The first kappa shape index (κ1) is 22.8. The molecule has 1 saturated carbocycles. The van der Waals surface area contributed by atoms with Gasteiger partial charge in [0.1, 0.15) is 11.9 Å². The molecule has 8 heteroatoms. The molecule has 2 amide bonds. The summed E-state index contributed by atoms with van der Waals surface area (Å²) in [5.41, 5.74) is 0.818. The molecule has 2 aromatic rings. The number of carbonyl (C=O) groups is 2. The standard InChI is InChI=1S/C26H30FN3O4/c1-2-12-28-24(32)23-19(14-31)18-13-29-21(22(18)30(23)25(33)15-6-5-7-15)11-10-17(26(29)34)16-8-3-4-9-20(16)27/h3-4,8-11,15,18-19,22-23,31H,2,5-7,12-14H2,1H3,(H,28,32)/t18-,19-,22+,23-/m1/s1. The van der Waals surface area contributed by atoms with Crippen LogP contribution < -0.4 is 10.9 Å². The van der Waals surface area contributed by atoms with Crippen LogP contribution in [0.25, 0.3) is 11.1 Å². The fraction of sp³-hybridized carbons (Fsp3) is 0.500. The number of nitrogens with one attached hydrogen (secondary N) is 1. The minimum absolute atomic E-state index is 0.0760. The molecule has 4 atom stereocenters. The molecule has 1 aliphatic carbocycles. The second-order valence-electron chi connectivity index (χ2n) is 9.63. The van der Waals surface area contributed by atoms with Crippen LogP contribution in [0.5, 0.6) is 0 Å². The predicted octanol–water partition coefficient (Wildman–Crippen LogP) is 2.47. The summed E-state index contributed by atoms with van der Waals surface area (Å²) in [6.07, 6.45) is 3.33. The van der Waals surface area contributed by atoms with Crippen molar-refractivity contribution in [2.24, 2.45) is 17.8 Å². The number of benzene rings is 1. The Morgan fingerprint density at radius 2 is 1.91 bits per heavy atom. The van der Waals surface area contributed by atoms with E-state index in [0.29, 0.717) is 12.2 Å². The van der Waals surface area contributed by atoms with Crippen molar-refractivity contribution in [2.45, 2.75) is 51.2 Å². The van der Waals surface area contributed by atoms with Gasteiger partial charge in [0.15, 0.2) is 0 Å². The number of hydrogen-bond acceptors (Lipinski definition) is 4. The number of fused-ring (bicyclic) bond motifs is 3. The summed E-state index contributed by atoms with van der Waals surface area (Å²) in [7, 11) is 0. The number of aliphatic hydroxyl groups excluding tert-OH is 1. The van der Waals surface area contributed by atoms with Crippen molar-refractivity contribution in [1.82, 2.24) is 14.8 Å². The largest absolute Gasteiger partial charge is 0.396 e. The maximum atomic E-state index is 14.4. The molecule has 0 radical (unpaired) electrons. The normalized spacial score (nSPS) is 25.6. The number of halogens is 1. The summed E-state index contributed by atoms with van der Waals surface area (Å²) in [5.74, 6) is -1.68. The van der Waals surface area contributed by atoms with Gasteiger partial charge in [0.2, 0.25) is 11.8 Å². The van der Waals surface area contributed by atoms with E-state index in [1.807, 2.05) is 6.92 Å². The van der Waals surface area contributed by atoms with Crippen molar-refractivity contribution >= 4 is 11.8 Å². The van der Waals surface area contributed by atoms with Crippen molar-refractivity contribution in [3.8, 4) is 11.1 Å². The Hall–Kier alpha value is -3.00. The summed E-state index contributed by atoms with van der Waals surface area (Å²) < 4.78 is 16.0. The summed E-state index contributed by atoms with van der Waals surface area (Å²) >= 11 is 0. The molecule has 0 spiro atoms. The monoisotopic (exact) mass is 467 g/mol. The molecule has 2 fully saturated rings. The van der Waals surface area contributed by atoms with Gasteiger partial charge in [0.05, 0.1) is 11.6 Å². The van der Waals surface area contributed by atoms with Crippen LogP contribution >= 0.6 is 0 Å². The zero-order valence-corrected chi connectivity index (χ0v) is 19.2. The fourth-order valence-corrected chi connectivity index (χ4v) is 5.83. The Morgan fingerprint density at radius 1 is 1.15 bits per heavy atom. The number of rotatable bonds is 6. The van der Waals surface area contributed by atoms with Crippen molar-refractivity contribution in [2.75, 3.05) is 13.2 Å². The van der Waals surface area contributed by atoms with Gasteiger partial charge in [-0.3, -0.25) is 14.4 Å². The van der Waals surface area contributed by atoms with E-state index in [1.165, 1.54) is 6.07 Å². The van der Waals surface area contributed by atoms with E-state index in [1.54, 1.807) is 39.8 Å². The lowest BCUT2D eigenvalue weighted by Crippen LogP contribution is -2.52. The van der Waals surface area contributed by atoms with Gasteiger partial charge in [0.25, 0.3) is 5.56 Å². The molecule has 2 N–H and O–H groups in total. The lowest BCUT2D eigenvalue weighted by molar-refractivity contribution is -0.147. The third-order valence-electron chi connectivity index (χ3n) is 7.77. The van der Waals surface area contributed by atoms with Crippen LogP contribution in [0.3, 0.4) is 0 Å². The fourth-order valence-electron chi connectivity index (χ4n) is 5.83. The Labute approximate surface area is 197 Å². The predicted molar refractivity (Wildman–Crippen MR) is 124 cm³/mol. The molecule has 1 saturated heterocycles. The first-order chi connectivity index (χ1) is 16.5. The van der Waals surface area contributed by atoms with Gasteiger partial charge >= 0.3 is 0 Å². The highest BCUT2D eigenvalue weighted by Gasteiger charge is 2.58. The summed E-state index contributed by atoms with van der Waals surface area (Å²) in [5, 5.41) is 13.2. The van der Waals surface area contributed by atoms with Crippen LogP contribution in [-0.2, 0) is 16.1 Å². The summed E-state index contributed by atoms with van der Waals surface area (Å²) in [6, 6.07) is 8.31. The topological polar surface area (TPSA) is 91.6 Å². The number of amides is 2. The van der Waals surface area contributed by atoms with E-state index in [9.17, 15) is 23.9 Å². The third kappa shape index (κ3) is 3.47. The smallest absolute Gasteiger partial charge is 0.258 e. The molecule has 3 heterocycles. The zero-order chi connectivity index (χ0) is 24.0. The van der Waals surface area contributed by atoms with Gasteiger partial charge in [-0.25, -0.2) is 4.39 Å². The minimum Gasteiger partial charge on any atom is -0.396 e. The Morgan fingerprint density at radius 3 is 2.56 bits per heavy atom. The first-order valence-electron chi connectivity index (χ1n) is 12.2. The second-order valence-corrected chi connectivity index (χ2v) is 9.63.